The normalized spacial score (nSPS) is 11.9. The Morgan fingerprint density at radius 3 is 2.70 bits per heavy atom. The van der Waals surface area contributed by atoms with Crippen LogP contribution in [0.4, 0.5) is 11.4 Å². The third-order valence-electron chi connectivity index (χ3n) is 3.01. The second-order valence-corrected chi connectivity index (χ2v) is 4.71. The highest BCUT2D eigenvalue weighted by Gasteiger charge is 2.18. The molecule has 0 aliphatic carbocycles. The fourth-order valence-electron chi connectivity index (χ4n) is 1.85. The summed E-state index contributed by atoms with van der Waals surface area (Å²) in [6, 6.07) is 5.12. The lowest BCUT2D eigenvalue weighted by Gasteiger charge is -2.13. The van der Waals surface area contributed by atoms with E-state index in [2.05, 4.69) is 10.6 Å². The smallest absolute Gasteiger partial charge is 0.326 e. The summed E-state index contributed by atoms with van der Waals surface area (Å²) in [5.41, 5.74) is 0.235. The minimum absolute atomic E-state index is 0.00562. The summed E-state index contributed by atoms with van der Waals surface area (Å²) >= 11 is 0. The van der Waals surface area contributed by atoms with Crippen molar-refractivity contribution < 1.29 is 19.6 Å². The monoisotopic (exact) mass is 321 g/mol. The maximum absolute atomic E-state index is 11.8. The van der Waals surface area contributed by atoms with Crippen LogP contribution in [-0.2, 0) is 9.59 Å². The van der Waals surface area contributed by atoms with E-state index in [1.807, 2.05) is 0 Å². The number of carboxylic acids is 1. The third kappa shape index (κ3) is 6.16. The van der Waals surface area contributed by atoms with Crippen molar-refractivity contribution in [3.63, 3.8) is 0 Å². The second kappa shape index (κ2) is 9.19. The molecule has 1 atom stereocenters. The zero-order valence-electron chi connectivity index (χ0n) is 12.7. The highest BCUT2D eigenvalue weighted by atomic mass is 16.6. The summed E-state index contributed by atoms with van der Waals surface area (Å²) in [6.45, 7) is 1.92. The van der Waals surface area contributed by atoms with Gasteiger partial charge in [0.2, 0.25) is 5.91 Å². The Morgan fingerprint density at radius 2 is 2.09 bits per heavy atom. The molecule has 0 aliphatic heterocycles. The first-order valence-corrected chi connectivity index (χ1v) is 7.06. The molecule has 0 spiro atoms. The summed E-state index contributed by atoms with van der Waals surface area (Å²) < 4.78 is 0. The van der Waals surface area contributed by atoms with Gasteiger partial charge in [0.05, 0.1) is 4.92 Å². The molecule has 8 heteroatoms. The van der Waals surface area contributed by atoms with Gasteiger partial charge in [0.1, 0.15) is 11.7 Å². The molecule has 0 bridgehead atoms. The number of benzene rings is 1. The van der Waals surface area contributed by atoms with Crippen molar-refractivity contribution >= 4 is 23.3 Å². The minimum Gasteiger partial charge on any atom is -0.480 e. The van der Waals surface area contributed by atoms with Gasteiger partial charge in [-0.1, -0.05) is 24.3 Å². The molecule has 0 saturated heterocycles. The number of carbonyl (C=O) groups excluding carboxylic acids is 1. The highest BCUT2D eigenvalue weighted by Crippen LogP contribution is 2.22. The van der Waals surface area contributed by atoms with E-state index < -0.39 is 22.8 Å². The van der Waals surface area contributed by atoms with Crippen molar-refractivity contribution in [2.24, 2.45) is 0 Å². The number of nitro groups is 1. The summed E-state index contributed by atoms with van der Waals surface area (Å²) in [7, 11) is 0. The summed E-state index contributed by atoms with van der Waals surface area (Å²) in [6.07, 6.45) is 3.57. The Bertz CT molecular complexity index is 601. The number of hydrogen-bond donors (Lipinski definition) is 3. The number of nitrogens with one attached hydrogen (secondary N) is 2. The van der Waals surface area contributed by atoms with Crippen molar-refractivity contribution in [1.29, 1.82) is 0 Å². The molecule has 8 nitrogen and oxygen atoms in total. The number of hydrogen-bond acceptors (Lipinski definition) is 5. The lowest BCUT2D eigenvalue weighted by molar-refractivity contribution is -0.384. The summed E-state index contributed by atoms with van der Waals surface area (Å²) in [4.78, 5) is 33.1. The molecule has 0 saturated carbocycles. The molecule has 1 rings (SSSR count). The first-order chi connectivity index (χ1) is 11.0. The van der Waals surface area contributed by atoms with Gasteiger partial charge in [-0.05, 0) is 19.4 Å². The van der Waals surface area contributed by atoms with Gasteiger partial charge in [-0.25, -0.2) is 4.79 Å². The van der Waals surface area contributed by atoms with Gasteiger partial charge in [-0.3, -0.25) is 14.9 Å². The second-order valence-electron chi connectivity index (χ2n) is 4.71. The zero-order valence-corrected chi connectivity index (χ0v) is 12.7. The number of carboxylic acid groups (broad SMARTS) is 1. The number of rotatable bonds is 9. The maximum atomic E-state index is 11.8. The third-order valence-corrected chi connectivity index (χ3v) is 3.01. The predicted molar refractivity (Wildman–Crippen MR) is 85.2 cm³/mol. The molecular weight excluding hydrogens is 302 g/mol. The van der Waals surface area contributed by atoms with Crippen LogP contribution in [0.25, 0.3) is 0 Å². The fraction of sp³-hybridized carbons (Fsp3) is 0.333. The van der Waals surface area contributed by atoms with E-state index in [1.165, 1.54) is 6.07 Å². The molecule has 3 N–H and O–H groups in total. The van der Waals surface area contributed by atoms with Crippen molar-refractivity contribution in [2.75, 3.05) is 11.9 Å². The Balaban J connectivity index is 2.50. The van der Waals surface area contributed by atoms with Crippen molar-refractivity contribution in [2.45, 2.75) is 25.8 Å². The number of amides is 1. The van der Waals surface area contributed by atoms with Crippen LogP contribution in [0.2, 0.25) is 0 Å². The molecule has 0 heterocycles. The van der Waals surface area contributed by atoms with E-state index in [-0.39, 0.29) is 25.1 Å². The Kier molecular flexibility index (Phi) is 7.25. The van der Waals surface area contributed by atoms with Gasteiger partial charge in [0, 0.05) is 19.0 Å². The SMILES string of the molecule is C/C=C/CC(NC(=O)CCNc1ccccc1[N+](=O)[O-])C(=O)O. The Hall–Kier alpha value is -2.90. The molecule has 124 valence electrons. The number of aliphatic carboxylic acids is 1. The molecule has 0 radical (unpaired) electrons. The average Bonchev–Trinajstić information content (AvgIpc) is 2.51. The van der Waals surface area contributed by atoms with E-state index in [4.69, 9.17) is 5.11 Å². The lowest BCUT2D eigenvalue weighted by atomic mass is 10.2. The predicted octanol–water partition coefficient (Wildman–Crippen LogP) is 1.93. The van der Waals surface area contributed by atoms with Crippen LogP contribution in [0.15, 0.2) is 36.4 Å². The molecule has 0 aliphatic rings. The van der Waals surface area contributed by atoms with Crippen LogP contribution >= 0.6 is 0 Å². The standard InChI is InChI=1S/C15H19N3O5/c1-2-3-6-12(15(20)21)17-14(19)9-10-16-11-7-4-5-8-13(11)18(22)23/h2-5,7-8,12,16H,6,9-10H2,1H3,(H,17,19)(H,20,21)/b3-2+. The van der Waals surface area contributed by atoms with E-state index in [0.717, 1.165) is 0 Å². The van der Waals surface area contributed by atoms with Crippen LogP contribution in [0.1, 0.15) is 19.8 Å². The Labute approximate surface area is 133 Å². The lowest BCUT2D eigenvalue weighted by Crippen LogP contribution is -2.40. The quantitative estimate of drug-likeness (QED) is 0.363. The van der Waals surface area contributed by atoms with Gasteiger partial charge in [0.25, 0.3) is 5.69 Å². The number of carbonyl (C=O) groups is 2. The molecule has 1 amide bonds. The molecule has 0 aromatic heterocycles. The van der Waals surface area contributed by atoms with Gasteiger partial charge < -0.3 is 15.7 Å². The van der Waals surface area contributed by atoms with Crippen LogP contribution in [-0.4, -0.2) is 34.5 Å². The summed E-state index contributed by atoms with van der Waals surface area (Å²) in [5, 5.41) is 25.1. The number of nitro benzene ring substituents is 1. The van der Waals surface area contributed by atoms with E-state index in [9.17, 15) is 19.7 Å². The topological polar surface area (TPSA) is 122 Å². The molecule has 1 aromatic carbocycles. The van der Waals surface area contributed by atoms with Crippen LogP contribution < -0.4 is 10.6 Å². The molecule has 1 aromatic rings. The average molecular weight is 321 g/mol. The first kappa shape index (κ1) is 18.1. The van der Waals surface area contributed by atoms with Gasteiger partial charge in [0.15, 0.2) is 0 Å². The Morgan fingerprint density at radius 1 is 1.39 bits per heavy atom. The molecule has 1 unspecified atom stereocenters. The van der Waals surface area contributed by atoms with E-state index >= 15 is 0 Å². The number of allylic oxidation sites excluding steroid dienone is 1. The van der Waals surface area contributed by atoms with Crippen LogP contribution in [0.3, 0.4) is 0 Å². The van der Waals surface area contributed by atoms with Crippen LogP contribution in [0, 0.1) is 10.1 Å². The van der Waals surface area contributed by atoms with E-state index in [1.54, 1.807) is 37.3 Å². The number of nitrogens with zero attached hydrogens (tertiary/aromatic N) is 1. The zero-order chi connectivity index (χ0) is 17.2. The molecule has 23 heavy (non-hydrogen) atoms. The van der Waals surface area contributed by atoms with Crippen LogP contribution in [0.5, 0.6) is 0 Å². The van der Waals surface area contributed by atoms with Gasteiger partial charge in [-0.15, -0.1) is 0 Å². The summed E-state index contributed by atoms with van der Waals surface area (Å²) in [5.74, 6) is -1.55. The van der Waals surface area contributed by atoms with Crippen molar-refractivity contribution in [1.82, 2.24) is 5.32 Å². The highest BCUT2D eigenvalue weighted by molar-refractivity contribution is 5.84. The number of anilines is 1. The van der Waals surface area contributed by atoms with Gasteiger partial charge in [-0.2, -0.15) is 0 Å². The van der Waals surface area contributed by atoms with Gasteiger partial charge >= 0.3 is 5.97 Å². The minimum atomic E-state index is -1.11. The largest absolute Gasteiger partial charge is 0.480 e. The van der Waals surface area contributed by atoms with Crippen molar-refractivity contribution in [3.05, 3.63) is 46.5 Å². The molecule has 0 fully saturated rings. The number of para-hydroxylation sites is 2. The fourth-order valence-corrected chi connectivity index (χ4v) is 1.85. The van der Waals surface area contributed by atoms with Crippen molar-refractivity contribution in [3.8, 4) is 0 Å². The molecular formula is C15H19N3O5. The first-order valence-electron chi connectivity index (χ1n) is 7.06. The maximum Gasteiger partial charge on any atom is 0.326 e. The van der Waals surface area contributed by atoms with E-state index in [0.29, 0.717) is 5.69 Å².